The maximum Gasteiger partial charge on any atom is 0.416 e. The van der Waals surface area contributed by atoms with Gasteiger partial charge in [-0.1, -0.05) is 0 Å². The number of carbonyl (C=O) groups excluding carboxylic acids is 1. The van der Waals surface area contributed by atoms with Gasteiger partial charge in [-0.3, -0.25) is 14.9 Å². The molecule has 1 N–H and O–H groups in total. The monoisotopic (exact) mass is 346 g/mol. The molecule has 1 aliphatic heterocycles. The highest BCUT2D eigenvalue weighted by Gasteiger charge is 2.35. The fraction of sp³-hybridized carbons (Fsp3) is 0.533. The number of halogens is 3. The Kier molecular flexibility index (Phi) is 5.43. The third-order valence-electron chi connectivity index (χ3n) is 4.05. The second kappa shape index (κ2) is 7.16. The van der Waals surface area contributed by atoms with Gasteiger partial charge >= 0.3 is 6.18 Å². The molecule has 0 radical (unpaired) electrons. The first-order valence-electron chi connectivity index (χ1n) is 7.52. The number of non-ortho nitro benzene ring substituents is 1. The molecule has 6 nitrogen and oxygen atoms in total. The highest BCUT2D eigenvalue weighted by molar-refractivity contribution is 5.95. The zero-order valence-corrected chi connectivity index (χ0v) is 12.8. The minimum absolute atomic E-state index is 0.142. The molecule has 0 aromatic heterocycles. The van der Waals surface area contributed by atoms with Crippen LogP contribution in [0.2, 0.25) is 0 Å². The van der Waals surface area contributed by atoms with Gasteiger partial charge in [-0.05, 0) is 31.7 Å². The molecular formula is C15H17F3N2O4. The van der Waals surface area contributed by atoms with Crippen molar-refractivity contribution in [3.05, 3.63) is 39.4 Å². The van der Waals surface area contributed by atoms with Crippen LogP contribution in [0.4, 0.5) is 18.9 Å². The van der Waals surface area contributed by atoms with Gasteiger partial charge in [0, 0.05) is 36.9 Å². The Bertz CT molecular complexity index is 632. The lowest BCUT2D eigenvalue weighted by molar-refractivity contribution is -0.385. The summed E-state index contributed by atoms with van der Waals surface area (Å²) in [5.41, 5.74) is -2.36. The molecule has 1 fully saturated rings. The van der Waals surface area contributed by atoms with Crippen molar-refractivity contribution >= 4 is 11.6 Å². The first-order chi connectivity index (χ1) is 11.2. The molecular weight excluding hydrogens is 329 g/mol. The van der Waals surface area contributed by atoms with Crippen molar-refractivity contribution in [1.29, 1.82) is 0 Å². The number of nitrogens with zero attached hydrogens (tertiary/aromatic N) is 2. The molecule has 132 valence electrons. The summed E-state index contributed by atoms with van der Waals surface area (Å²) >= 11 is 0. The first kappa shape index (κ1) is 18.2. The summed E-state index contributed by atoms with van der Waals surface area (Å²) in [4.78, 5) is 23.9. The molecule has 1 heterocycles. The molecule has 1 atom stereocenters. The Labute approximate surface area is 136 Å². The summed E-state index contributed by atoms with van der Waals surface area (Å²) in [5.74, 6) is -0.678. The summed E-state index contributed by atoms with van der Waals surface area (Å²) in [6.07, 6.45) is -2.25. The maximum absolute atomic E-state index is 12.9. The minimum Gasteiger partial charge on any atom is -0.396 e. The van der Waals surface area contributed by atoms with Crippen molar-refractivity contribution in [2.24, 2.45) is 0 Å². The molecule has 0 aliphatic carbocycles. The number of hydrogen-bond acceptors (Lipinski definition) is 4. The molecule has 24 heavy (non-hydrogen) atoms. The smallest absolute Gasteiger partial charge is 0.396 e. The van der Waals surface area contributed by atoms with E-state index in [1.807, 2.05) is 0 Å². The SMILES string of the molecule is O=C(c1cc([N+](=O)[O-])cc(C(F)(F)F)c1)N1CCCCC1CCO. The third kappa shape index (κ3) is 4.02. The number of amides is 1. The summed E-state index contributed by atoms with van der Waals surface area (Å²) in [6, 6.07) is 1.64. The van der Waals surface area contributed by atoms with Crippen molar-refractivity contribution in [3.63, 3.8) is 0 Å². The van der Waals surface area contributed by atoms with Crippen LogP contribution < -0.4 is 0 Å². The lowest BCUT2D eigenvalue weighted by Gasteiger charge is -2.35. The fourth-order valence-electron chi connectivity index (χ4n) is 2.89. The fourth-order valence-corrected chi connectivity index (χ4v) is 2.89. The molecule has 1 aromatic carbocycles. The van der Waals surface area contributed by atoms with Crippen LogP contribution in [0.25, 0.3) is 0 Å². The number of nitro groups is 1. The maximum atomic E-state index is 12.9. The number of alkyl halides is 3. The summed E-state index contributed by atoms with van der Waals surface area (Å²) < 4.78 is 38.8. The van der Waals surface area contributed by atoms with Gasteiger partial charge < -0.3 is 10.0 Å². The molecule has 1 amide bonds. The molecule has 1 unspecified atom stereocenters. The van der Waals surface area contributed by atoms with Gasteiger partial charge in [-0.25, -0.2) is 0 Å². The van der Waals surface area contributed by atoms with Crippen LogP contribution in [0.3, 0.4) is 0 Å². The predicted octanol–water partition coefficient (Wildman–Crippen LogP) is 2.99. The summed E-state index contributed by atoms with van der Waals surface area (Å²) in [5, 5.41) is 20.0. The average molecular weight is 346 g/mol. The number of aliphatic hydroxyl groups is 1. The number of carbonyl (C=O) groups is 1. The van der Waals surface area contributed by atoms with Crippen molar-refractivity contribution in [2.45, 2.75) is 37.9 Å². The van der Waals surface area contributed by atoms with Gasteiger partial charge in [0.15, 0.2) is 0 Å². The van der Waals surface area contributed by atoms with Crippen molar-refractivity contribution in [3.8, 4) is 0 Å². The zero-order chi connectivity index (χ0) is 17.9. The van der Waals surface area contributed by atoms with Gasteiger partial charge in [0.2, 0.25) is 0 Å². The minimum atomic E-state index is -4.78. The van der Waals surface area contributed by atoms with Crippen molar-refractivity contribution in [1.82, 2.24) is 4.90 Å². The Morgan fingerprint density at radius 1 is 1.33 bits per heavy atom. The molecule has 9 heteroatoms. The van der Waals surface area contributed by atoms with E-state index in [2.05, 4.69) is 0 Å². The summed E-state index contributed by atoms with van der Waals surface area (Å²) in [6.45, 7) is 0.213. The number of nitro benzene ring substituents is 1. The normalized spacial score (nSPS) is 18.5. The molecule has 0 saturated carbocycles. The lowest BCUT2D eigenvalue weighted by atomic mass is 9.98. The van der Waals surface area contributed by atoms with Gasteiger partial charge in [-0.15, -0.1) is 0 Å². The van der Waals surface area contributed by atoms with Crippen LogP contribution in [0.5, 0.6) is 0 Å². The molecule has 0 bridgehead atoms. The predicted molar refractivity (Wildman–Crippen MR) is 78.5 cm³/mol. The number of hydrogen-bond donors (Lipinski definition) is 1. The quantitative estimate of drug-likeness (QED) is 0.671. The van der Waals surface area contributed by atoms with Crippen LogP contribution in [0.15, 0.2) is 18.2 Å². The Hall–Kier alpha value is -2.16. The van der Waals surface area contributed by atoms with Gasteiger partial charge in [0.05, 0.1) is 10.5 Å². The molecule has 1 saturated heterocycles. The largest absolute Gasteiger partial charge is 0.416 e. The number of aliphatic hydroxyl groups excluding tert-OH is 1. The molecule has 1 aliphatic rings. The van der Waals surface area contributed by atoms with E-state index >= 15 is 0 Å². The van der Waals surface area contributed by atoms with Crippen LogP contribution in [0.1, 0.15) is 41.6 Å². The van der Waals surface area contributed by atoms with E-state index < -0.39 is 28.3 Å². The van der Waals surface area contributed by atoms with E-state index in [-0.39, 0.29) is 18.2 Å². The van der Waals surface area contributed by atoms with E-state index in [1.54, 1.807) is 0 Å². The van der Waals surface area contributed by atoms with E-state index in [0.29, 0.717) is 37.9 Å². The zero-order valence-electron chi connectivity index (χ0n) is 12.8. The number of piperidine rings is 1. The Balaban J connectivity index is 2.40. The average Bonchev–Trinajstić information content (AvgIpc) is 2.53. The number of rotatable bonds is 4. The number of benzene rings is 1. The summed E-state index contributed by atoms with van der Waals surface area (Å²) in [7, 11) is 0. The third-order valence-corrected chi connectivity index (χ3v) is 4.05. The van der Waals surface area contributed by atoms with E-state index in [0.717, 1.165) is 12.5 Å². The van der Waals surface area contributed by atoms with Crippen LogP contribution in [-0.4, -0.2) is 40.0 Å². The second-order valence-corrected chi connectivity index (χ2v) is 5.68. The van der Waals surface area contributed by atoms with E-state index in [4.69, 9.17) is 5.11 Å². The van der Waals surface area contributed by atoms with Gasteiger partial charge in [0.25, 0.3) is 11.6 Å². The lowest BCUT2D eigenvalue weighted by Crippen LogP contribution is -2.44. The Morgan fingerprint density at radius 3 is 2.62 bits per heavy atom. The van der Waals surface area contributed by atoms with E-state index in [9.17, 15) is 28.1 Å². The molecule has 1 aromatic rings. The van der Waals surface area contributed by atoms with Gasteiger partial charge in [0.1, 0.15) is 0 Å². The molecule has 2 rings (SSSR count). The van der Waals surface area contributed by atoms with Crippen molar-refractivity contribution < 1.29 is 28.0 Å². The van der Waals surface area contributed by atoms with Crippen LogP contribution in [0, 0.1) is 10.1 Å². The highest BCUT2D eigenvalue weighted by atomic mass is 19.4. The first-order valence-corrected chi connectivity index (χ1v) is 7.52. The van der Waals surface area contributed by atoms with Crippen molar-refractivity contribution in [2.75, 3.05) is 13.2 Å². The highest BCUT2D eigenvalue weighted by Crippen LogP contribution is 2.33. The number of likely N-dealkylation sites (tertiary alicyclic amines) is 1. The molecule has 0 spiro atoms. The standard InChI is InChI=1S/C15H17F3N2O4/c16-15(17,18)11-7-10(8-13(9-11)20(23)24)14(22)19-5-2-1-3-12(19)4-6-21/h7-9,12,21H,1-6H2. The van der Waals surface area contributed by atoms with Crippen LogP contribution >= 0.6 is 0 Å². The van der Waals surface area contributed by atoms with Crippen LogP contribution in [-0.2, 0) is 6.18 Å². The van der Waals surface area contributed by atoms with Gasteiger partial charge in [-0.2, -0.15) is 13.2 Å². The topological polar surface area (TPSA) is 83.7 Å². The van der Waals surface area contributed by atoms with E-state index in [1.165, 1.54) is 4.90 Å². The second-order valence-electron chi connectivity index (χ2n) is 5.68. The Morgan fingerprint density at radius 2 is 2.04 bits per heavy atom.